The molecule has 0 saturated carbocycles. The van der Waals surface area contributed by atoms with Gasteiger partial charge in [-0.1, -0.05) is 23.2 Å². The Morgan fingerprint density at radius 3 is 1.40 bits per heavy atom. The van der Waals surface area contributed by atoms with Gasteiger partial charge in [-0.2, -0.15) is 0 Å². The Hall–Kier alpha value is -0.480. The molecule has 0 amide bonds. The van der Waals surface area contributed by atoms with Crippen LogP contribution in [-0.4, -0.2) is 28.5 Å². The van der Waals surface area contributed by atoms with Crippen LogP contribution in [0.2, 0.25) is 0 Å². The number of alkyl halides is 2. The Labute approximate surface area is 98.8 Å². The summed E-state index contributed by atoms with van der Waals surface area (Å²) in [5.74, 6) is -2.04. The first-order chi connectivity index (χ1) is 6.67. The van der Waals surface area contributed by atoms with E-state index < -0.39 is 28.5 Å². The molecule has 0 radical (unpaired) electrons. The molecule has 0 atom stereocenters. The highest BCUT2D eigenvalue weighted by Gasteiger charge is 2.46. The van der Waals surface area contributed by atoms with E-state index in [0.29, 0.717) is 0 Å². The van der Waals surface area contributed by atoms with E-state index in [0.717, 1.165) is 0 Å². The molecule has 0 aromatic heterocycles. The molecule has 0 N–H and O–H groups in total. The molecule has 0 aromatic rings. The van der Waals surface area contributed by atoms with Gasteiger partial charge < -0.3 is 9.47 Å². The van der Waals surface area contributed by atoms with E-state index in [1.165, 1.54) is 0 Å². The lowest BCUT2D eigenvalue weighted by atomic mass is 10.4. The van der Waals surface area contributed by atoms with Gasteiger partial charge in [0, 0.05) is 0 Å². The fourth-order valence-electron chi connectivity index (χ4n) is 0.659. The van der Waals surface area contributed by atoms with Crippen LogP contribution in [0.25, 0.3) is 0 Å². The number of halogens is 2. The number of ether oxygens (including phenoxy) is 2. The average molecular weight is 257 g/mol. The topological polar surface area (TPSA) is 52.6 Å². The van der Waals surface area contributed by atoms with E-state index in [2.05, 4.69) is 0 Å². The molecule has 6 heteroatoms. The average Bonchev–Trinajstić information content (AvgIpc) is 2.01. The van der Waals surface area contributed by atoms with E-state index >= 15 is 0 Å². The van der Waals surface area contributed by atoms with Gasteiger partial charge in [-0.05, 0) is 27.7 Å². The van der Waals surface area contributed by atoms with Crippen molar-refractivity contribution in [1.29, 1.82) is 0 Å². The van der Waals surface area contributed by atoms with Gasteiger partial charge in [0.2, 0.25) is 0 Å². The maximum atomic E-state index is 11.3. The Morgan fingerprint density at radius 1 is 0.933 bits per heavy atom. The van der Waals surface area contributed by atoms with Gasteiger partial charge in [0.05, 0.1) is 12.2 Å². The molecule has 88 valence electrons. The van der Waals surface area contributed by atoms with Crippen LogP contribution in [0.15, 0.2) is 0 Å². The summed E-state index contributed by atoms with van der Waals surface area (Å²) < 4.78 is 7.13. The molecular formula is C9H14Cl2O4. The van der Waals surface area contributed by atoms with Crippen LogP contribution < -0.4 is 0 Å². The van der Waals surface area contributed by atoms with Crippen LogP contribution in [0, 0.1) is 0 Å². The fourth-order valence-corrected chi connectivity index (χ4v) is 0.838. The summed E-state index contributed by atoms with van der Waals surface area (Å²) >= 11 is 11.1. The quantitative estimate of drug-likeness (QED) is 0.439. The Balaban J connectivity index is 4.51. The zero-order chi connectivity index (χ0) is 12.2. The molecule has 0 saturated heterocycles. The van der Waals surface area contributed by atoms with Crippen molar-refractivity contribution in [1.82, 2.24) is 0 Å². The van der Waals surface area contributed by atoms with Crippen molar-refractivity contribution < 1.29 is 19.1 Å². The van der Waals surface area contributed by atoms with Crippen LogP contribution in [0.5, 0.6) is 0 Å². The Bertz CT molecular complexity index is 224. The highest BCUT2D eigenvalue weighted by molar-refractivity contribution is 6.66. The van der Waals surface area contributed by atoms with Crippen molar-refractivity contribution in [3.05, 3.63) is 0 Å². The molecule has 0 rings (SSSR count). The van der Waals surface area contributed by atoms with E-state index in [9.17, 15) is 9.59 Å². The fraction of sp³-hybridized carbons (Fsp3) is 0.778. The number of rotatable bonds is 4. The molecular weight excluding hydrogens is 243 g/mol. The number of hydrogen-bond acceptors (Lipinski definition) is 4. The predicted molar refractivity (Wildman–Crippen MR) is 56.9 cm³/mol. The lowest BCUT2D eigenvalue weighted by Gasteiger charge is -2.19. The first-order valence-corrected chi connectivity index (χ1v) is 5.23. The number of carbonyl (C=O) groups excluding carboxylic acids is 2. The zero-order valence-corrected chi connectivity index (χ0v) is 10.6. The molecule has 0 aliphatic heterocycles. The molecule has 0 unspecified atom stereocenters. The highest BCUT2D eigenvalue weighted by Crippen LogP contribution is 2.25. The minimum Gasteiger partial charge on any atom is -0.460 e. The van der Waals surface area contributed by atoms with Gasteiger partial charge in [-0.15, -0.1) is 0 Å². The molecule has 15 heavy (non-hydrogen) atoms. The summed E-state index contributed by atoms with van der Waals surface area (Å²) in [7, 11) is 0. The van der Waals surface area contributed by atoms with E-state index in [4.69, 9.17) is 32.7 Å². The lowest BCUT2D eigenvalue weighted by molar-refractivity contribution is -0.159. The van der Waals surface area contributed by atoms with Crippen molar-refractivity contribution in [2.75, 3.05) is 0 Å². The highest BCUT2D eigenvalue weighted by atomic mass is 35.5. The normalized spacial score (nSPS) is 11.7. The number of hydrogen-bond donors (Lipinski definition) is 0. The van der Waals surface area contributed by atoms with Crippen molar-refractivity contribution in [2.24, 2.45) is 0 Å². The number of carbonyl (C=O) groups is 2. The molecule has 0 bridgehead atoms. The predicted octanol–water partition coefficient (Wildman–Crippen LogP) is 2.06. The van der Waals surface area contributed by atoms with E-state index in [-0.39, 0.29) is 0 Å². The zero-order valence-electron chi connectivity index (χ0n) is 9.04. The van der Waals surface area contributed by atoms with E-state index in [1.54, 1.807) is 27.7 Å². The van der Waals surface area contributed by atoms with Crippen LogP contribution in [-0.2, 0) is 19.1 Å². The monoisotopic (exact) mass is 256 g/mol. The summed E-state index contributed by atoms with van der Waals surface area (Å²) in [5, 5.41) is 0. The van der Waals surface area contributed by atoms with Crippen LogP contribution in [0.4, 0.5) is 0 Å². The number of esters is 2. The molecule has 0 aromatic carbocycles. The maximum absolute atomic E-state index is 11.3. The first-order valence-electron chi connectivity index (χ1n) is 4.48. The molecule has 0 spiro atoms. The smallest absolute Gasteiger partial charge is 0.354 e. The third-order valence-electron chi connectivity index (χ3n) is 1.20. The van der Waals surface area contributed by atoms with Crippen molar-refractivity contribution in [3.8, 4) is 0 Å². The molecule has 0 fully saturated rings. The van der Waals surface area contributed by atoms with E-state index in [1.807, 2.05) is 0 Å². The second-order valence-corrected chi connectivity index (χ2v) is 4.81. The minimum atomic E-state index is -2.30. The molecule has 0 aliphatic carbocycles. The van der Waals surface area contributed by atoms with Crippen molar-refractivity contribution in [3.63, 3.8) is 0 Å². The first kappa shape index (κ1) is 14.5. The summed E-state index contributed by atoms with van der Waals surface area (Å²) in [6, 6.07) is 0. The maximum Gasteiger partial charge on any atom is 0.354 e. The van der Waals surface area contributed by atoms with Crippen LogP contribution in [0.3, 0.4) is 0 Å². The minimum absolute atomic E-state index is 0.402. The third kappa shape index (κ3) is 4.71. The van der Waals surface area contributed by atoms with Gasteiger partial charge in [0.1, 0.15) is 0 Å². The van der Waals surface area contributed by atoms with Gasteiger partial charge >= 0.3 is 16.3 Å². The van der Waals surface area contributed by atoms with Gasteiger partial charge in [0.25, 0.3) is 0 Å². The van der Waals surface area contributed by atoms with Gasteiger partial charge in [-0.25, -0.2) is 9.59 Å². The van der Waals surface area contributed by atoms with Gasteiger partial charge in [0.15, 0.2) is 0 Å². The lowest BCUT2D eigenvalue weighted by Crippen LogP contribution is -2.40. The standard InChI is InChI=1S/C9H14Cl2O4/c1-5(2)14-7(12)9(10,11)8(13)15-6(3)4/h5-6H,1-4H3. The molecule has 0 aliphatic rings. The largest absolute Gasteiger partial charge is 0.460 e. The summed E-state index contributed by atoms with van der Waals surface area (Å²) in [4.78, 5) is 22.6. The van der Waals surface area contributed by atoms with Crippen LogP contribution in [0.1, 0.15) is 27.7 Å². The Kier molecular flexibility index (Phi) is 5.38. The second kappa shape index (κ2) is 5.56. The molecule has 0 heterocycles. The van der Waals surface area contributed by atoms with Crippen molar-refractivity contribution >= 4 is 35.1 Å². The SMILES string of the molecule is CC(C)OC(=O)C(Cl)(Cl)C(=O)OC(C)C. The third-order valence-corrected chi connectivity index (χ3v) is 1.82. The Morgan fingerprint density at radius 2 is 1.20 bits per heavy atom. The summed E-state index contributed by atoms with van der Waals surface area (Å²) in [5.41, 5.74) is 0. The second-order valence-electron chi connectivity index (χ2n) is 3.48. The van der Waals surface area contributed by atoms with Crippen molar-refractivity contribution in [2.45, 2.75) is 44.2 Å². The molecule has 4 nitrogen and oxygen atoms in total. The van der Waals surface area contributed by atoms with Crippen LogP contribution >= 0.6 is 23.2 Å². The summed E-state index contributed by atoms with van der Waals surface area (Å²) in [6.07, 6.45) is -0.803. The summed E-state index contributed by atoms with van der Waals surface area (Å²) in [6.45, 7) is 6.48. The van der Waals surface area contributed by atoms with Gasteiger partial charge in [-0.3, -0.25) is 0 Å².